The van der Waals surface area contributed by atoms with E-state index in [1.807, 2.05) is 32.2 Å². The zero-order valence-electron chi connectivity index (χ0n) is 11.9. The Kier molecular flexibility index (Phi) is 4.35. The van der Waals surface area contributed by atoms with E-state index in [1.165, 1.54) is 0 Å². The van der Waals surface area contributed by atoms with Crippen LogP contribution in [0.3, 0.4) is 0 Å². The molecule has 0 aromatic heterocycles. The van der Waals surface area contributed by atoms with Gasteiger partial charge in [-0.3, -0.25) is 10.6 Å². The van der Waals surface area contributed by atoms with Crippen molar-refractivity contribution >= 4 is 11.6 Å². The van der Waals surface area contributed by atoms with Gasteiger partial charge in [0.1, 0.15) is 0 Å². The number of benzene rings is 1. The van der Waals surface area contributed by atoms with Gasteiger partial charge in [0, 0.05) is 12.6 Å². The molecule has 0 atom stereocenters. The molecule has 0 unspecified atom stereocenters. The molecule has 4 nitrogen and oxygen atoms in total. The van der Waals surface area contributed by atoms with Gasteiger partial charge in [-0.2, -0.15) is 0 Å². The zero-order valence-corrected chi connectivity index (χ0v) is 11.9. The van der Waals surface area contributed by atoms with E-state index in [0.717, 1.165) is 12.0 Å². The Morgan fingerprint density at radius 2 is 2.06 bits per heavy atom. The van der Waals surface area contributed by atoms with Gasteiger partial charge >= 0.3 is 0 Å². The SMILES string of the molecule is CCC(C)(C)N(C)C(=O)c1ccc(C)cc1NN. The van der Waals surface area contributed by atoms with Gasteiger partial charge in [0.15, 0.2) is 0 Å². The van der Waals surface area contributed by atoms with Crippen molar-refractivity contribution in [3.63, 3.8) is 0 Å². The van der Waals surface area contributed by atoms with Gasteiger partial charge in [0.2, 0.25) is 0 Å². The fourth-order valence-electron chi connectivity index (χ4n) is 1.66. The third kappa shape index (κ3) is 2.82. The lowest BCUT2D eigenvalue weighted by molar-refractivity contribution is 0.0621. The number of anilines is 1. The van der Waals surface area contributed by atoms with Crippen LogP contribution >= 0.6 is 0 Å². The first-order chi connectivity index (χ1) is 8.33. The molecule has 1 amide bonds. The summed E-state index contributed by atoms with van der Waals surface area (Å²) in [6.07, 6.45) is 0.895. The van der Waals surface area contributed by atoms with Crippen LogP contribution in [0.1, 0.15) is 43.1 Å². The lowest BCUT2D eigenvalue weighted by Crippen LogP contribution is -2.44. The number of carbonyl (C=O) groups excluding carboxylic acids is 1. The topological polar surface area (TPSA) is 58.4 Å². The average molecular weight is 249 g/mol. The quantitative estimate of drug-likeness (QED) is 0.637. The Morgan fingerprint density at radius 1 is 1.44 bits per heavy atom. The number of rotatable bonds is 4. The predicted octanol–water partition coefficient (Wildman–Crippen LogP) is 2.54. The Labute approximate surface area is 109 Å². The summed E-state index contributed by atoms with van der Waals surface area (Å²) in [6.45, 7) is 8.14. The summed E-state index contributed by atoms with van der Waals surface area (Å²) in [7, 11) is 1.83. The van der Waals surface area contributed by atoms with E-state index in [1.54, 1.807) is 4.90 Å². The molecule has 4 heteroatoms. The van der Waals surface area contributed by atoms with Crippen LogP contribution in [0.4, 0.5) is 5.69 Å². The maximum absolute atomic E-state index is 12.5. The fourth-order valence-corrected chi connectivity index (χ4v) is 1.66. The van der Waals surface area contributed by atoms with Crippen molar-refractivity contribution in [3.8, 4) is 0 Å². The summed E-state index contributed by atoms with van der Waals surface area (Å²) in [5.41, 5.74) is 4.76. The van der Waals surface area contributed by atoms with E-state index in [2.05, 4.69) is 26.2 Å². The van der Waals surface area contributed by atoms with E-state index >= 15 is 0 Å². The second-order valence-electron chi connectivity index (χ2n) is 5.22. The molecule has 3 N–H and O–H groups in total. The number of aryl methyl sites for hydroxylation is 1. The molecule has 0 heterocycles. The molecule has 0 saturated carbocycles. The number of nitrogens with two attached hydrogens (primary N) is 1. The van der Waals surface area contributed by atoms with Gasteiger partial charge in [-0.05, 0) is 44.9 Å². The number of carbonyl (C=O) groups is 1. The number of nitrogens with zero attached hydrogens (tertiary/aromatic N) is 1. The number of nitrogen functional groups attached to an aromatic ring is 1. The molecule has 0 fully saturated rings. The normalized spacial score (nSPS) is 11.2. The smallest absolute Gasteiger partial charge is 0.256 e. The maximum Gasteiger partial charge on any atom is 0.256 e. The molecule has 0 aliphatic heterocycles. The number of nitrogens with one attached hydrogen (secondary N) is 1. The fraction of sp³-hybridized carbons (Fsp3) is 0.500. The molecule has 1 rings (SSSR count). The molecule has 0 aliphatic carbocycles. The standard InChI is InChI=1S/C14H23N3O/c1-6-14(3,4)17(5)13(18)11-8-7-10(2)9-12(11)16-15/h7-9,16H,6,15H2,1-5H3. The Morgan fingerprint density at radius 3 is 2.56 bits per heavy atom. The molecule has 18 heavy (non-hydrogen) atoms. The van der Waals surface area contributed by atoms with Crippen LogP contribution < -0.4 is 11.3 Å². The highest BCUT2D eigenvalue weighted by atomic mass is 16.2. The van der Waals surface area contributed by atoms with Crippen molar-refractivity contribution in [1.82, 2.24) is 4.90 Å². The number of hydrogen-bond acceptors (Lipinski definition) is 3. The molecule has 100 valence electrons. The summed E-state index contributed by atoms with van der Waals surface area (Å²) in [4.78, 5) is 14.2. The molecule has 0 bridgehead atoms. The van der Waals surface area contributed by atoms with Gasteiger partial charge in [-0.15, -0.1) is 0 Å². The minimum absolute atomic E-state index is 0.0187. The molecular weight excluding hydrogens is 226 g/mol. The lowest BCUT2D eigenvalue weighted by Gasteiger charge is -2.35. The Balaban J connectivity index is 3.11. The molecule has 1 aromatic rings. The maximum atomic E-state index is 12.5. The monoisotopic (exact) mass is 249 g/mol. The minimum atomic E-state index is -0.173. The second-order valence-corrected chi connectivity index (χ2v) is 5.22. The van der Waals surface area contributed by atoms with Crippen LogP contribution in [0.25, 0.3) is 0 Å². The molecule has 0 aliphatic rings. The van der Waals surface area contributed by atoms with Gasteiger partial charge in [0.25, 0.3) is 5.91 Å². The Bertz CT molecular complexity index is 441. The highest BCUT2D eigenvalue weighted by molar-refractivity contribution is 5.99. The first kappa shape index (κ1) is 14.5. The van der Waals surface area contributed by atoms with Crippen LogP contribution in [0.5, 0.6) is 0 Å². The number of hydrazine groups is 1. The largest absolute Gasteiger partial charge is 0.337 e. The predicted molar refractivity (Wildman–Crippen MR) is 75.5 cm³/mol. The van der Waals surface area contributed by atoms with Crippen molar-refractivity contribution < 1.29 is 4.79 Å². The van der Waals surface area contributed by atoms with Crippen molar-refractivity contribution in [2.75, 3.05) is 12.5 Å². The first-order valence-corrected chi connectivity index (χ1v) is 6.19. The van der Waals surface area contributed by atoms with E-state index in [0.29, 0.717) is 11.3 Å². The van der Waals surface area contributed by atoms with Crippen molar-refractivity contribution in [3.05, 3.63) is 29.3 Å². The summed E-state index contributed by atoms with van der Waals surface area (Å²) in [6, 6.07) is 5.61. The molecule has 0 spiro atoms. The zero-order chi connectivity index (χ0) is 13.9. The second kappa shape index (κ2) is 5.40. The summed E-state index contributed by atoms with van der Waals surface area (Å²) in [5.74, 6) is 5.46. The molecule has 0 saturated heterocycles. The molecule has 1 aromatic carbocycles. The van der Waals surface area contributed by atoms with E-state index in [-0.39, 0.29) is 11.4 Å². The summed E-state index contributed by atoms with van der Waals surface area (Å²) < 4.78 is 0. The van der Waals surface area contributed by atoms with Crippen molar-refractivity contribution in [1.29, 1.82) is 0 Å². The van der Waals surface area contributed by atoms with E-state index in [9.17, 15) is 4.79 Å². The highest BCUT2D eigenvalue weighted by Gasteiger charge is 2.27. The van der Waals surface area contributed by atoms with Crippen LogP contribution in [-0.4, -0.2) is 23.4 Å². The molecule has 0 radical (unpaired) electrons. The summed E-state index contributed by atoms with van der Waals surface area (Å²) in [5, 5.41) is 0. The third-order valence-electron chi connectivity index (χ3n) is 3.64. The third-order valence-corrected chi connectivity index (χ3v) is 3.64. The number of hydrogen-bond donors (Lipinski definition) is 2. The lowest BCUT2D eigenvalue weighted by atomic mass is 9.98. The van der Waals surface area contributed by atoms with Crippen molar-refractivity contribution in [2.24, 2.45) is 5.84 Å². The molecular formula is C14H23N3O. The van der Waals surface area contributed by atoms with E-state index in [4.69, 9.17) is 5.84 Å². The average Bonchev–Trinajstić information content (AvgIpc) is 2.36. The first-order valence-electron chi connectivity index (χ1n) is 6.19. The van der Waals surface area contributed by atoms with Crippen LogP contribution in [0.15, 0.2) is 18.2 Å². The van der Waals surface area contributed by atoms with Crippen LogP contribution in [-0.2, 0) is 0 Å². The Hall–Kier alpha value is -1.55. The van der Waals surface area contributed by atoms with Gasteiger partial charge in [-0.25, -0.2) is 0 Å². The van der Waals surface area contributed by atoms with Gasteiger partial charge < -0.3 is 10.3 Å². The number of amides is 1. The minimum Gasteiger partial charge on any atom is -0.337 e. The van der Waals surface area contributed by atoms with E-state index < -0.39 is 0 Å². The van der Waals surface area contributed by atoms with Crippen molar-refractivity contribution in [2.45, 2.75) is 39.7 Å². The summed E-state index contributed by atoms with van der Waals surface area (Å²) >= 11 is 0. The van der Waals surface area contributed by atoms with Gasteiger partial charge in [-0.1, -0.05) is 13.0 Å². The van der Waals surface area contributed by atoms with Crippen LogP contribution in [0.2, 0.25) is 0 Å². The highest BCUT2D eigenvalue weighted by Crippen LogP contribution is 2.23. The van der Waals surface area contributed by atoms with Gasteiger partial charge in [0.05, 0.1) is 11.3 Å². The van der Waals surface area contributed by atoms with Crippen LogP contribution in [0, 0.1) is 6.92 Å².